The van der Waals surface area contributed by atoms with Crippen LogP contribution in [0.4, 0.5) is 5.00 Å². The van der Waals surface area contributed by atoms with Crippen LogP contribution in [0.5, 0.6) is 5.75 Å². The fourth-order valence-corrected chi connectivity index (χ4v) is 4.11. The molecule has 2 N–H and O–H groups in total. The Morgan fingerprint density at radius 3 is 2.69 bits per heavy atom. The molecule has 2 aromatic rings. The third-order valence-corrected chi connectivity index (χ3v) is 5.80. The zero-order valence-electron chi connectivity index (χ0n) is 17.1. The van der Waals surface area contributed by atoms with Crippen LogP contribution in [0.3, 0.4) is 0 Å². The smallest absolute Gasteiger partial charge is 0.191 e. The van der Waals surface area contributed by atoms with Crippen LogP contribution >= 0.6 is 35.3 Å². The number of hydrogen-bond donors (Lipinski definition) is 2. The lowest BCUT2D eigenvalue weighted by atomic mass is 10.1. The number of halogens is 1. The molecular formula is C21H31IN4O2S. The van der Waals surface area contributed by atoms with Gasteiger partial charge >= 0.3 is 0 Å². The van der Waals surface area contributed by atoms with E-state index >= 15 is 0 Å². The fraction of sp³-hybridized carbons (Fsp3) is 0.476. The monoisotopic (exact) mass is 530 g/mol. The van der Waals surface area contributed by atoms with Crippen molar-refractivity contribution >= 4 is 46.3 Å². The van der Waals surface area contributed by atoms with Crippen molar-refractivity contribution in [1.82, 2.24) is 10.6 Å². The van der Waals surface area contributed by atoms with E-state index in [4.69, 9.17) is 9.47 Å². The van der Waals surface area contributed by atoms with Gasteiger partial charge in [-0.3, -0.25) is 4.99 Å². The number of hydrogen-bond acceptors (Lipinski definition) is 5. The quantitative estimate of drug-likeness (QED) is 0.236. The molecule has 0 amide bonds. The van der Waals surface area contributed by atoms with Gasteiger partial charge in [0.15, 0.2) is 5.96 Å². The van der Waals surface area contributed by atoms with Gasteiger partial charge in [0.1, 0.15) is 5.75 Å². The Morgan fingerprint density at radius 1 is 1.21 bits per heavy atom. The molecule has 1 fully saturated rings. The molecule has 0 aliphatic carbocycles. The Balaban J connectivity index is 0.00000300. The summed E-state index contributed by atoms with van der Waals surface area (Å²) in [6, 6.07) is 12.7. The van der Waals surface area contributed by atoms with Crippen molar-refractivity contribution in [2.75, 3.05) is 45.3 Å². The largest absolute Gasteiger partial charge is 0.496 e. The van der Waals surface area contributed by atoms with Gasteiger partial charge in [-0.15, -0.1) is 35.3 Å². The maximum Gasteiger partial charge on any atom is 0.191 e. The first kappa shape index (κ1) is 23.8. The van der Waals surface area contributed by atoms with Crippen LogP contribution in [-0.4, -0.2) is 52.4 Å². The van der Waals surface area contributed by atoms with Crippen molar-refractivity contribution < 1.29 is 9.47 Å². The summed E-state index contributed by atoms with van der Waals surface area (Å²) in [5, 5.41) is 10.4. The lowest BCUT2D eigenvalue weighted by Crippen LogP contribution is -2.49. The highest BCUT2D eigenvalue weighted by atomic mass is 127. The molecule has 0 saturated carbocycles. The van der Waals surface area contributed by atoms with Crippen LogP contribution in [0, 0.1) is 0 Å². The van der Waals surface area contributed by atoms with Gasteiger partial charge in [0.25, 0.3) is 0 Å². The number of benzene rings is 1. The zero-order valence-corrected chi connectivity index (χ0v) is 20.2. The second kappa shape index (κ2) is 12.9. The van der Waals surface area contributed by atoms with Crippen LogP contribution in [-0.2, 0) is 11.3 Å². The minimum atomic E-state index is 0. The van der Waals surface area contributed by atoms with Crippen LogP contribution in [0.15, 0.2) is 46.8 Å². The lowest BCUT2D eigenvalue weighted by Gasteiger charge is -2.33. The molecule has 0 bridgehead atoms. The molecule has 2 heterocycles. The SMILES string of the molecule is CN=C(NCCOCc1ccccc1OC)NC1CCN(c2cccs2)CC1.I. The normalized spacial score (nSPS) is 15.0. The van der Waals surface area contributed by atoms with Gasteiger partial charge in [-0.2, -0.15) is 0 Å². The Bertz CT molecular complexity index is 734. The molecule has 1 saturated heterocycles. The predicted molar refractivity (Wildman–Crippen MR) is 132 cm³/mol. The van der Waals surface area contributed by atoms with Crippen molar-refractivity contribution in [3.63, 3.8) is 0 Å². The number of nitrogens with one attached hydrogen (secondary N) is 2. The molecule has 1 aliphatic rings. The standard InChI is InChI=1S/C21H30N4O2S.HI/c1-22-21(23-11-14-27-16-17-6-3-4-7-19(17)26-2)24-18-9-12-25(13-10-18)20-8-5-15-28-20;/h3-8,15,18H,9-14,16H2,1-2H3,(H2,22,23,24);1H. The highest BCUT2D eigenvalue weighted by Crippen LogP contribution is 2.24. The van der Waals surface area contributed by atoms with Crippen LogP contribution in [0.25, 0.3) is 0 Å². The molecule has 1 aromatic carbocycles. The van der Waals surface area contributed by atoms with Gasteiger partial charge < -0.3 is 25.0 Å². The lowest BCUT2D eigenvalue weighted by molar-refractivity contribution is 0.123. The molecule has 1 aromatic heterocycles. The first-order chi connectivity index (χ1) is 13.8. The molecule has 0 radical (unpaired) electrons. The Labute approximate surface area is 194 Å². The first-order valence-electron chi connectivity index (χ1n) is 9.75. The number of guanidine groups is 1. The van der Waals surface area contributed by atoms with Crippen molar-refractivity contribution in [3.8, 4) is 5.75 Å². The molecule has 0 spiro atoms. The average molecular weight is 530 g/mol. The zero-order chi connectivity index (χ0) is 19.6. The first-order valence-corrected chi connectivity index (χ1v) is 10.6. The minimum absolute atomic E-state index is 0. The second-order valence-electron chi connectivity index (χ2n) is 6.72. The summed E-state index contributed by atoms with van der Waals surface area (Å²) < 4.78 is 11.1. The van der Waals surface area contributed by atoms with E-state index in [0.29, 0.717) is 25.8 Å². The van der Waals surface area contributed by atoms with Gasteiger partial charge in [0, 0.05) is 38.3 Å². The van der Waals surface area contributed by atoms with Crippen molar-refractivity contribution in [3.05, 3.63) is 47.3 Å². The number of anilines is 1. The average Bonchev–Trinajstić information content (AvgIpc) is 3.28. The van der Waals surface area contributed by atoms with Crippen LogP contribution < -0.4 is 20.3 Å². The maximum absolute atomic E-state index is 5.77. The summed E-state index contributed by atoms with van der Waals surface area (Å²) in [5.41, 5.74) is 1.06. The molecule has 0 atom stereocenters. The summed E-state index contributed by atoms with van der Waals surface area (Å²) in [6.45, 7) is 4.02. The number of para-hydroxylation sites is 1. The maximum atomic E-state index is 5.77. The Morgan fingerprint density at radius 2 is 2.00 bits per heavy atom. The third kappa shape index (κ3) is 7.35. The van der Waals surface area contributed by atoms with Crippen molar-refractivity contribution in [1.29, 1.82) is 0 Å². The van der Waals surface area contributed by atoms with Crippen LogP contribution in [0.2, 0.25) is 0 Å². The molecular weight excluding hydrogens is 499 g/mol. The van der Waals surface area contributed by atoms with E-state index in [9.17, 15) is 0 Å². The van der Waals surface area contributed by atoms with Gasteiger partial charge in [-0.1, -0.05) is 18.2 Å². The van der Waals surface area contributed by atoms with Gasteiger partial charge in [0.2, 0.25) is 0 Å². The summed E-state index contributed by atoms with van der Waals surface area (Å²) in [6.07, 6.45) is 2.23. The number of rotatable bonds is 8. The Hall–Kier alpha value is -1.52. The highest BCUT2D eigenvalue weighted by molar-refractivity contribution is 14.0. The predicted octanol–water partition coefficient (Wildman–Crippen LogP) is 3.73. The number of methoxy groups -OCH3 is 1. The van der Waals surface area contributed by atoms with E-state index in [1.54, 1.807) is 7.11 Å². The van der Waals surface area contributed by atoms with Crippen molar-refractivity contribution in [2.45, 2.75) is 25.5 Å². The summed E-state index contributed by atoms with van der Waals surface area (Å²) in [4.78, 5) is 6.80. The van der Waals surface area contributed by atoms with Crippen molar-refractivity contribution in [2.24, 2.45) is 4.99 Å². The molecule has 1 aliphatic heterocycles. The van der Waals surface area contributed by atoms with E-state index in [-0.39, 0.29) is 24.0 Å². The number of thiophene rings is 1. The molecule has 6 nitrogen and oxygen atoms in total. The topological polar surface area (TPSA) is 58.1 Å². The van der Waals surface area contributed by atoms with E-state index < -0.39 is 0 Å². The van der Waals surface area contributed by atoms with E-state index in [2.05, 4.69) is 38.0 Å². The number of ether oxygens (including phenoxy) is 2. The molecule has 29 heavy (non-hydrogen) atoms. The fourth-order valence-electron chi connectivity index (χ4n) is 3.33. The summed E-state index contributed by atoms with van der Waals surface area (Å²) in [7, 11) is 3.49. The van der Waals surface area contributed by atoms with Crippen LogP contribution in [0.1, 0.15) is 18.4 Å². The van der Waals surface area contributed by atoms with E-state index in [0.717, 1.165) is 43.2 Å². The molecule has 8 heteroatoms. The van der Waals surface area contributed by atoms with Gasteiger partial charge in [-0.05, 0) is 36.4 Å². The Kier molecular flexibility index (Phi) is 10.6. The molecule has 3 rings (SSSR count). The molecule has 160 valence electrons. The highest BCUT2D eigenvalue weighted by Gasteiger charge is 2.20. The minimum Gasteiger partial charge on any atom is -0.496 e. The van der Waals surface area contributed by atoms with E-state index in [1.807, 2.05) is 42.6 Å². The second-order valence-corrected chi connectivity index (χ2v) is 7.65. The summed E-state index contributed by atoms with van der Waals surface area (Å²) >= 11 is 1.81. The molecule has 0 unspecified atom stereocenters. The number of piperidine rings is 1. The number of nitrogens with zero attached hydrogens (tertiary/aromatic N) is 2. The number of aliphatic imine (C=N–C) groups is 1. The van der Waals surface area contributed by atoms with Gasteiger partial charge in [-0.25, -0.2) is 0 Å². The van der Waals surface area contributed by atoms with E-state index in [1.165, 1.54) is 5.00 Å². The summed E-state index contributed by atoms with van der Waals surface area (Å²) in [5.74, 6) is 1.71. The third-order valence-electron chi connectivity index (χ3n) is 4.87. The van der Waals surface area contributed by atoms with Gasteiger partial charge in [0.05, 0.1) is 25.3 Å².